The third kappa shape index (κ3) is 5.01. The predicted molar refractivity (Wildman–Crippen MR) is 230 cm³/mol. The van der Waals surface area contributed by atoms with Crippen molar-refractivity contribution in [3.05, 3.63) is 182 Å². The highest BCUT2D eigenvalue weighted by molar-refractivity contribution is 6.24. The Kier molecular flexibility index (Phi) is 6.83. The number of rotatable bonds is 5. The third-order valence-electron chi connectivity index (χ3n) is 11.0. The maximum absolute atomic E-state index is 6.57. The van der Waals surface area contributed by atoms with Crippen LogP contribution in [0.4, 0.5) is 0 Å². The van der Waals surface area contributed by atoms with E-state index in [9.17, 15) is 0 Å². The molecule has 0 radical (unpaired) electrons. The number of benzene rings is 8. The molecule has 0 atom stereocenters. The molecule has 8 aromatic carbocycles. The van der Waals surface area contributed by atoms with Crippen LogP contribution < -0.4 is 0 Å². The van der Waals surface area contributed by atoms with Crippen LogP contribution in [0.2, 0.25) is 0 Å². The zero-order chi connectivity index (χ0) is 37.5. The zero-order valence-electron chi connectivity index (χ0n) is 30.4. The predicted octanol–water partition coefficient (Wildman–Crippen LogP) is 13.4. The number of hydrogen-bond acceptors (Lipinski definition) is 5. The first kappa shape index (κ1) is 31.5. The first-order valence-electron chi connectivity index (χ1n) is 19.0. The van der Waals surface area contributed by atoms with Crippen molar-refractivity contribution in [3.8, 4) is 51.0 Å². The summed E-state index contributed by atoms with van der Waals surface area (Å²) < 4.78 is 15.2. The van der Waals surface area contributed by atoms with Gasteiger partial charge in [0.25, 0.3) is 0 Å². The molecule has 12 aromatic rings. The van der Waals surface area contributed by atoms with Gasteiger partial charge in [-0.3, -0.25) is 0 Å². The van der Waals surface area contributed by atoms with Crippen molar-refractivity contribution in [2.75, 3.05) is 0 Å². The standard InChI is InChI=1S/C51H30N4O2/c1-3-12-31(13-4-1)32-14-11-15-33(28-32)49-52-50(54-51(53-49)35-22-24-39-38-19-8-10-21-43(38)57-46(39)30-35)34-23-26-44-41(29-34)47-45(56-44)27-25-40-37-18-7-9-20-42(37)55(48(40)47)36-16-5-2-6-17-36/h1-30H. The average Bonchev–Trinajstić information content (AvgIpc) is 3.96. The van der Waals surface area contributed by atoms with Crippen LogP contribution in [0.15, 0.2) is 191 Å². The van der Waals surface area contributed by atoms with Gasteiger partial charge in [0.05, 0.1) is 16.4 Å². The summed E-state index contributed by atoms with van der Waals surface area (Å²) in [6.45, 7) is 0. The number of aromatic nitrogens is 4. The van der Waals surface area contributed by atoms with Gasteiger partial charge in [0.1, 0.15) is 22.3 Å². The average molecular weight is 731 g/mol. The van der Waals surface area contributed by atoms with Gasteiger partial charge in [-0.15, -0.1) is 0 Å². The van der Waals surface area contributed by atoms with E-state index in [0.29, 0.717) is 17.5 Å². The van der Waals surface area contributed by atoms with E-state index >= 15 is 0 Å². The molecular weight excluding hydrogens is 701 g/mol. The van der Waals surface area contributed by atoms with Crippen LogP contribution in [-0.4, -0.2) is 19.5 Å². The second-order valence-electron chi connectivity index (χ2n) is 14.4. The van der Waals surface area contributed by atoms with Crippen LogP contribution in [0.5, 0.6) is 0 Å². The van der Waals surface area contributed by atoms with Gasteiger partial charge < -0.3 is 13.4 Å². The van der Waals surface area contributed by atoms with Crippen molar-refractivity contribution < 1.29 is 8.83 Å². The number of hydrogen-bond donors (Lipinski definition) is 0. The Morgan fingerprint density at radius 3 is 1.72 bits per heavy atom. The minimum atomic E-state index is 0.561. The molecule has 6 nitrogen and oxygen atoms in total. The number of fused-ring (bicyclic) bond motifs is 10. The first-order valence-corrected chi connectivity index (χ1v) is 19.0. The lowest BCUT2D eigenvalue weighted by Crippen LogP contribution is -2.00. The van der Waals surface area contributed by atoms with Gasteiger partial charge in [-0.1, -0.05) is 109 Å². The van der Waals surface area contributed by atoms with Gasteiger partial charge in [-0.25, -0.2) is 15.0 Å². The topological polar surface area (TPSA) is 69.9 Å². The Morgan fingerprint density at radius 1 is 0.333 bits per heavy atom. The van der Waals surface area contributed by atoms with Gasteiger partial charge in [0.15, 0.2) is 17.5 Å². The van der Waals surface area contributed by atoms with Crippen LogP contribution in [-0.2, 0) is 0 Å². The van der Waals surface area contributed by atoms with E-state index in [1.54, 1.807) is 0 Å². The molecule has 0 bridgehead atoms. The van der Waals surface area contributed by atoms with E-state index < -0.39 is 0 Å². The normalized spacial score (nSPS) is 11.9. The molecule has 0 amide bonds. The molecule has 4 heterocycles. The molecule has 0 fully saturated rings. The quantitative estimate of drug-likeness (QED) is 0.176. The van der Waals surface area contributed by atoms with Crippen LogP contribution in [0.3, 0.4) is 0 Å². The maximum atomic E-state index is 6.57. The van der Waals surface area contributed by atoms with Crippen molar-refractivity contribution in [3.63, 3.8) is 0 Å². The van der Waals surface area contributed by atoms with Crippen LogP contribution in [0.1, 0.15) is 0 Å². The lowest BCUT2D eigenvalue weighted by Gasteiger charge is -2.10. The Morgan fingerprint density at radius 2 is 0.895 bits per heavy atom. The summed E-state index contributed by atoms with van der Waals surface area (Å²) in [5.74, 6) is 1.71. The maximum Gasteiger partial charge on any atom is 0.164 e. The summed E-state index contributed by atoms with van der Waals surface area (Å²) >= 11 is 0. The largest absolute Gasteiger partial charge is 0.456 e. The van der Waals surface area contributed by atoms with Gasteiger partial charge in [-0.05, 0) is 83.9 Å². The van der Waals surface area contributed by atoms with E-state index in [1.165, 1.54) is 10.8 Å². The Bertz CT molecular complexity index is 3530. The summed E-state index contributed by atoms with van der Waals surface area (Å²) in [7, 11) is 0. The van der Waals surface area contributed by atoms with Crippen LogP contribution in [0.25, 0.3) is 117 Å². The SMILES string of the molecule is c1ccc(-c2cccc(-c3nc(-c4ccc5c(c4)oc4ccccc45)nc(-c4ccc5oc6ccc7c8ccccc8n(-c8ccccc8)c7c6c5c4)n3)c2)cc1. The van der Waals surface area contributed by atoms with Gasteiger partial charge in [0.2, 0.25) is 0 Å². The molecular formula is C51H30N4O2. The van der Waals surface area contributed by atoms with Crippen LogP contribution in [0, 0.1) is 0 Å². The molecule has 0 aliphatic heterocycles. The lowest BCUT2D eigenvalue weighted by molar-refractivity contribution is 0.668. The second-order valence-corrected chi connectivity index (χ2v) is 14.4. The molecule has 0 spiro atoms. The minimum Gasteiger partial charge on any atom is -0.456 e. The highest BCUT2D eigenvalue weighted by atomic mass is 16.3. The van der Waals surface area contributed by atoms with Crippen molar-refractivity contribution in [1.82, 2.24) is 19.5 Å². The molecule has 0 N–H and O–H groups in total. The molecule has 57 heavy (non-hydrogen) atoms. The van der Waals surface area contributed by atoms with E-state index in [2.05, 4.69) is 144 Å². The number of para-hydroxylation sites is 3. The van der Waals surface area contributed by atoms with E-state index in [0.717, 1.165) is 88.4 Å². The molecule has 4 aromatic heterocycles. The van der Waals surface area contributed by atoms with E-state index in [4.69, 9.17) is 23.8 Å². The highest BCUT2D eigenvalue weighted by Crippen LogP contribution is 2.42. The summed E-state index contributed by atoms with van der Waals surface area (Å²) in [5.41, 5.74) is 11.4. The Labute approximate surface area is 325 Å². The molecule has 12 rings (SSSR count). The fraction of sp³-hybridized carbons (Fsp3) is 0. The molecule has 6 heteroatoms. The molecule has 0 aliphatic rings. The monoisotopic (exact) mass is 730 g/mol. The highest BCUT2D eigenvalue weighted by Gasteiger charge is 2.21. The minimum absolute atomic E-state index is 0.561. The summed E-state index contributed by atoms with van der Waals surface area (Å²) in [6, 6.07) is 62.7. The summed E-state index contributed by atoms with van der Waals surface area (Å²) in [5, 5.41) is 6.52. The Balaban J connectivity index is 1.09. The number of furan rings is 2. The summed E-state index contributed by atoms with van der Waals surface area (Å²) in [4.78, 5) is 15.5. The first-order chi connectivity index (χ1) is 28.2. The molecule has 0 saturated carbocycles. The van der Waals surface area contributed by atoms with E-state index in [1.807, 2.05) is 42.5 Å². The molecule has 0 unspecified atom stereocenters. The third-order valence-corrected chi connectivity index (χ3v) is 11.0. The summed E-state index contributed by atoms with van der Waals surface area (Å²) in [6.07, 6.45) is 0. The second kappa shape index (κ2) is 12.3. The lowest BCUT2D eigenvalue weighted by atomic mass is 10.0. The van der Waals surface area contributed by atoms with Crippen molar-refractivity contribution in [1.29, 1.82) is 0 Å². The van der Waals surface area contributed by atoms with Crippen LogP contribution >= 0.6 is 0 Å². The smallest absolute Gasteiger partial charge is 0.164 e. The van der Waals surface area contributed by atoms with Crippen molar-refractivity contribution in [2.45, 2.75) is 0 Å². The van der Waals surface area contributed by atoms with Crippen molar-refractivity contribution >= 4 is 65.7 Å². The molecule has 0 aliphatic carbocycles. The molecule has 0 saturated heterocycles. The van der Waals surface area contributed by atoms with E-state index in [-0.39, 0.29) is 0 Å². The number of nitrogens with zero attached hydrogens (tertiary/aromatic N) is 4. The zero-order valence-corrected chi connectivity index (χ0v) is 30.4. The Hall–Kier alpha value is -7.83. The fourth-order valence-corrected chi connectivity index (χ4v) is 8.40. The van der Waals surface area contributed by atoms with Gasteiger partial charge in [-0.2, -0.15) is 0 Å². The van der Waals surface area contributed by atoms with Gasteiger partial charge in [0, 0.05) is 49.3 Å². The van der Waals surface area contributed by atoms with Crippen molar-refractivity contribution in [2.24, 2.45) is 0 Å². The molecule has 266 valence electrons. The fourth-order valence-electron chi connectivity index (χ4n) is 8.40. The van der Waals surface area contributed by atoms with Gasteiger partial charge >= 0.3 is 0 Å².